The minimum absolute atomic E-state index is 0.229. The Kier molecular flexibility index (Phi) is 9.08. The van der Waals surface area contributed by atoms with Crippen molar-refractivity contribution in [3.8, 4) is 0 Å². The third-order valence-corrected chi connectivity index (χ3v) is 5.38. The molecule has 6 nitrogen and oxygen atoms in total. The Morgan fingerprint density at radius 3 is 2.36 bits per heavy atom. The van der Waals surface area contributed by atoms with Gasteiger partial charge in [0, 0.05) is 45.2 Å². The van der Waals surface area contributed by atoms with Crippen molar-refractivity contribution in [3.63, 3.8) is 0 Å². The van der Waals surface area contributed by atoms with Crippen molar-refractivity contribution in [1.29, 1.82) is 0 Å². The summed E-state index contributed by atoms with van der Waals surface area (Å²) in [4.78, 5) is 19.0. The lowest BCUT2D eigenvalue weighted by Crippen LogP contribution is -2.50. The van der Waals surface area contributed by atoms with E-state index in [9.17, 15) is 4.79 Å². The summed E-state index contributed by atoms with van der Waals surface area (Å²) in [6, 6.07) is 0.496. The van der Waals surface area contributed by atoms with Gasteiger partial charge in [-0.25, -0.2) is 0 Å². The second-order valence-corrected chi connectivity index (χ2v) is 7.39. The van der Waals surface area contributed by atoms with Gasteiger partial charge < -0.3 is 20.9 Å². The van der Waals surface area contributed by atoms with Gasteiger partial charge in [0.25, 0.3) is 0 Å². The van der Waals surface area contributed by atoms with Gasteiger partial charge in [0.15, 0.2) is 5.96 Å². The lowest BCUT2D eigenvalue weighted by molar-refractivity contribution is -0.125. The molecule has 2 aliphatic rings. The van der Waals surface area contributed by atoms with Gasteiger partial charge in [-0.05, 0) is 38.6 Å². The lowest BCUT2D eigenvalue weighted by Gasteiger charge is -2.32. The number of nitrogens with one attached hydrogen (secondary N) is 3. The van der Waals surface area contributed by atoms with Crippen LogP contribution in [0.4, 0.5) is 0 Å². The van der Waals surface area contributed by atoms with E-state index in [-0.39, 0.29) is 11.8 Å². The number of guanidine groups is 1. The number of aliphatic imine (C=N–C) groups is 1. The van der Waals surface area contributed by atoms with Gasteiger partial charge in [-0.2, -0.15) is 0 Å². The maximum Gasteiger partial charge on any atom is 0.223 e. The fraction of sp³-hybridized carbons (Fsp3) is 0.895. The van der Waals surface area contributed by atoms with Gasteiger partial charge in [0.05, 0.1) is 0 Å². The number of hydrogen-bond acceptors (Lipinski definition) is 3. The Bertz CT molecular complexity index is 412. The van der Waals surface area contributed by atoms with Crippen molar-refractivity contribution in [2.45, 2.75) is 64.3 Å². The summed E-state index contributed by atoms with van der Waals surface area (Å²) < 4.78 is 0. The van der Waals surface area contributed by atoms with Crippen LogP contribution in [0.5, 0.6) is 0 Å². The fourth-order valence-corrected chi connectivity index (χ4v) is 3.88. The van der Waals surface area contributed by atoms with E-state index in [4.69, 9.17) is 0 Å². The molecule has 1 heterocycles. The van der Waals surface area contributed by atoms with E-state index in [0.717, 1.165) is 18.8 Å². The van der Waals surface area contributed by atoms with E-state index < -0.39 is 0 Å². The molecule has 0 aromatic carbocycles. The van der Waals surface area contributed by atoms with Crippen molar-refractivity contribution < 1.29 is 4.79 Å². The van der Waals surface area contributed by atoms with Crippen LogP contribution in [-0.2, 0) is 4.79 Å². The molecule has 1 saturated carbocycles. The van der Waals surface area contributed by atoms with Crippen LogP contribution in [0.1, 0.15) is 58.3 Å². The van der Waals surface area contributed by atoms with Gasteiger partial charge in [-0.1, -0.05) is 26.2 Å². The van der Waals surface area contributed by atoms with E-state index in [1.54, 1.807) is 0 Å². The van der Waals surface area contributed by atoms with Crippen LogP contribution < -0.4 is 16.0 Å². The smallest absolute Gasteiger partial charge is 0.223 e. The van der Waals surface area contributed by atoms with Crippen LogP contribution in [0, 0.1) is 5.92 Å². The van der Waals surface area contributed by atoms with Crippen LogP contribution >= 0.6 is 0 Å². The molecular weight excluding hydrogens is 314 g/mol. The van der Waals surface area contributed by atoms with Crippen LogP contribution in [0.25, 0.3) is 0 Å². The highest BCUT2D eigenvalue weighted by Gasteiger charge is 2.21. The van der Waals surface area contributed by atoms with Gasteiger partial charge in [0.1, 0.15) is 0 Å². The number of carbonyl (C=O) groups is 1. The standard InChI is InChI=1S/C19H37N5O/c1-3-13-24-14-9-17(10-15-24)23-19(20-2)22-12-11-21-18(25)16-7-5-4-6-8-16/h16-17H,3-15H2,1-2H3,(H,21,25)(H2,20,22,23). The van der Waals surface area contributed by atoms with Crippen LogP contribution in [0.15, 0.2) is 4.99 Å². The monoisotopic (exact) mass is 351 g/mol. The van der Waals surface area contributed by atoms with Crippen molar-refractivity contribution in [2.24, 2.45) is 10.9 Å². The minimum Gasteiger partial charge on any atom is -0.355 e. The summed E-state index contributed by atoms with van der Waals surface area (Å²) >= 11 is 0. The number of likely N-dealkylation sites (tertiary alicyclic amines) is 1. The van der Waals surface area contributed by atoms with Gasteiger partial charge in [0.2, 0.25) is 5.91 Å². The summed E-state index contributed by atoms with van der Waals surface area (Å²) in [7, 11) is 1.81. The predicted molar refractivity (Wildman–Crippen MR) is 104 cm³/mol. The topological polar surface area (TPSA) is 68.8 Å². The maximum absolute atomic E-state index is 12.1. The number of hydrogen-bond donors (Lipinski definition) is 3. The van der Waals surface area contributed by atoms with E-state index in [1.807, 2.05) is 7.05 Å². The molecule has 1 saturated heterocycles. The highest BCUT2D eigenvalue weighted by Crippen LogP contribution is 2.23. The van der Waals surface area contributed by atoms with Crippen LogP contribution in [0.2, 0.25) is 0 Å². The first-order chi connectivity index (χ1) is 12.2. The molecular formula is C19H37N5O. The van der Waals surface area contributed by atoms with Gasteiger partial charge in [-0.3, -0.25) is 9.79 Å². The van der Waals surface area contributed by atoms with Crippen molar-refractivity contribution in [2.75, 3.05) is 39.8 Å². The predicted octanol–water partition coefficient (Wildman–Crippen LogP) is 1.72. The highest BCUT2D eigenvalue weighted by atomic mass is 16.1. The average Bonchev–Trinajstić information content (AvgIpc) is 2.66. The molecule has 3 N–H and O–H groups in total. The van der Waals surface area contributed by atoms with Crippen molar-refractivity contribution >= 4 is 11.9 Å². The summed E-state index contributed by atoms with van der Waals surface area (Å²) in [6.07, 6.45) is 9.35. The first-order valence-electron chi connectivity index (χ1n) is 10.2. The summed E-state index contributed by atoms with van der Waals surface area (Å²) in [5, 5.41) is 9.91. The first-order valence-corrected chi connectivity index (χ1v) is 10.2. The number of piperidine rings is 1. The van der Waals surface area contributed by atoms with Gasteiger partial charge in [-0.15, -0.1) is 0 Å². The number of carbonyl (C=O) groups excluding carboxylic acids is 1. The highest BCUT2D eigenvalue weighted by molar-refractivity contribution is 5.80. The lowest BCUT2D eigenvalue weighted by atomic mass is 9.89. The molecule has 0 unspecified atom stereocenters. The molecule has 6 heteroatoms. The third kappa shape index (κ3) is 7.22. The molecule has 0 spiro atoms. The number of amides is 1. The normalized spacial score (nSPS) is 21.1. The van der Waals surface area contributed by atoms with Crippen molar-refractivity contribution in [3.05, 3.63) is 0 Å². The van der Waals surface area contributed by atoms with E-state index >= 15 is 0 Å². The average molecular weight is 352 g/mol. The minimum atomic E-state index is 0.229. The SMILES string of the molecule is CCCN1CCC(NC(=NC)NCCNC(=O)C2CCCCC2)CC1. The molecule has 0 aromatic rings. The Labute approximate surface area is 153 Å². The van der Waals surface area contributed by atoms with Crippen molar-refractivity contribution in [1.82, 2.24) is 20.9 Å². The molecule has 2 rings (SSSR count). The van der Waals surface area contributed by atoms with E-state index in [1.165, 1.54) is 58.2 Å². The first kappa shape index (κ1) is 20.0. The molecule has 0 radical (unpaired) electrons. The Morgan fingerprint density at radius 2 is 1.72 bits per heavy atom. The number of rotatable bonds is 7. The van der Waals surface area contributed by atoms with E-state index in [0.29, 0.717) is 19.1 Å². The second kappa shape index (κ2) is 11.3. The molecule has 0 atom stereocenters. The third-order valence-electron chi connectivity index (χ3n) is 5.38. The molecule has 0 aromatic heterocycles. The second-order valence-electron chi connectivity index (χ2n) is 7.39. The van der Waals surface area contributed by atoms with Gasteiger partial charge >= 0.3 is 0 Å². The molecule has 0 bridgehead atoms. The molecule has 25 heavy (non-hydrogen) atoms. The summed E-state index contributed by atoms with van der Waals surface area (Å²) in [5.74, 6) is 1.31. The molecule has 1 aliphatic carbocycles. The summed E-state index contributed by atoms with van der Waals surface area (Å²) in [6.45, 7) is 7.15. The van der Waals surface area contributed by atoms with Crippen LogP contribution in [-0.4, -0.2) is 62.6 Å². The zero-order chi connectivity index (χ0) is 17.9. The molecule has 2 fully saturated rings. The zero-order valence-electron chi connectivity index (χ0n) is 16.1. The fourth-order valence-electron chi connectivity index (χ4n) is 3.88. The number of nitrogens with zero attached hydrogens (tertiary/aromatic N) is 2. The quantitative estimate of drug-likeness (QED) is 0.371. The summed E-state index contributed by atoms with van der Waals surface area (Å²) in [5.41, 5.74) is 0. The van der Waals surface area contributed by atoms with Crippen LogP contribution in [0.3, 0.4) is 0 Å². The van der Waals surface area contributed by atoms with E-state index in [2.05, 4.69) is 32.8 Å². The largest absolute Gasteiger partial charge is 0.355 e. The molecule has 1 amide bonds. The Morgan fingerprint density at radius 1 is 1.04 bits per heavy atom. The Hall–Kier alpha value is -1.30. The zero-order valence-corrected chi connectivity index (χ0v) is 16.1. The maximum atomic E-state index is 12.1. The molecule has 144 valence electrons. The Balaban J connectivity index is 1.58. The molecule has 1 aliphatic heterocycles.